The average molecular weight is 344 g/mol. The third-order valence-electron chi connectivity index (χ3n) is 4.50. The lowest BCUT2D eigenvalue weighted by Gasteiger charge is -2.23. The number of aromatic nitrogens is 1. The number of hydrogen-bond acceptors (Lipinski definition) is 2. The number of aryl methyl sites for hydroxylation is 2. The van der Waals surface area contributed by atoms with Crippen molar-refractivity contribution in [2.45, 2.75) is 26.8 Å². The lowest BCUT2D eigenvalue weighted by molar-refractivity contribution is 0.0742. The van der Waals surface area contributed by atoms with E-state index in [1.54, 1.807) is 6.20 Å². The van der Waals surface area contributed by atoms with Crippen LogP contribution in [0.5, 0.6) is 0 Å². The van der Waals surface area contributed by atoms with Crippen molar-refractivity contribution in [1.29, 1.82) is 0 Å². The normalized spacial score (nSPS) is 10.5. The number of nitrogens with zero attached hydrogens (tertiary/aromatic N) is 2. The molecule has 0 saturated heterocycles. The number of hydrogen-bond donors (Lipinski definition) is 0. The summed E-state index contributed by atoms with van der Waals surface area (Å²) >= 11 is 0. The summed E-state index contributed by atoms with van der Waals surface area (Å²) in [5.74, 6) is 0.0628. The van der Waals surface area contributed by atoms with Crippen LogP contribution in [-0.4, -0.2) is 22.3 Å². The first kappa shape index (κ1) is 17.9. The fourth-order valence-electron chi connectivity index (χ4n) is 2.98. The van der Waals surface area contributed by atoms with Crippen LogP contribution in [0.3, 0.4) is 0 Å². The predicted octanol–water partition coefficient (Wildman–Crippen LogP) is 4.58. The summed E-state index contributed by atoms with van der Waals surface area (Å²) < 4.78 is 0. The van der Waals surface area contributed by atoms with Crippen molar-refractivity contribution in [3.8, 4) is 0 Å². The molecule has 1 aromatic heterocycles. The Bertz CT molecular complexity index is 860. The van der Waals surface area contributed by atoms with Crippen molar-refractivity contribution in [3.05, 3.63) is 101 Å². The highest BCUT2D eigenvalue weighted by molar-refractivity contribution is 5.95. The molecule has 0 atom stereocenters. The zero-order chi connectivity index (χ0) is 18.4. The summed E-state index contributed by atoms with van der Waals surface area (Å²) in [4.78, 5) is 19.5. The molecule has 0 aliphatic carbocycles. The van der Waals surface area contributed by atoms with E-state index in [0.29, 0.717) is 13.1 Å². The number of benzene rings is 2. The molecule has 132 valence electrons. The molecule has 0 aliphatic heterocycles. The van der Waals surface area contributed by atoms with Gasteiger partial charge in [0.15, 0.2) is 0 Å². The van der Waals surface area contributed by atoms with E-state index in [9.17, 15) is 4.79 Å². The van der Waals surface area contributed by atoms with Gasteiger partial charge < -0.3 is 4.90 Å². The van der Waals surface area contributed by atoms with Gasteiger partial charge in [0.25, 0.3) is 5.91 Å². The summed E-state index contributed by atoms with van der Waals surface area (Å²) in [6, 6.07) is 22.1. The third-order valence-corrected chi connectivity index (χ3v) is 4.50. The molecule has 0 fully saturated rings. The highest BCUT2D eigenvalue weighted by Gasteiger charge is 2.18. The molecule has 0 N–H and O–H groups in total. The topological polar surface area (TPSA) is 33.2 Å². The second-order valence-electron chi connectivity index (χ2n) is 6.60. The number of carbonyl (C=O) groups is 1. The summed E-state index contributed by atoms with van der Waals surface area (Å²) in [5, 5.41) is 0. The Balaban J connectivity index is 1.83. The van der Waals surface area contributed by atoms with Gasteiger partial charge in [-0.2, -0.15) is 0 Å². The SMILES string of the molecule is Cc1ccc(C)c(C(=O)N(CCc2ccccc2)Cc2ccccn2)c1. The Morgan fingerprint density at radius 2 is 1.73 bits per heavy atom. The maximum absolute atomic E-state index is 13.2. The van der Waals surface area contributed by atoms with Crippen molar-refractivity contribution in [2.24, 2.45) is 0 Å². The van der Waals surface area contributed by atoms with Gasteiger partial charge in [-0.3, -0.25) is 9.78 Å². The van der Waals surface area contributed by atoms with Gasteiger partial charge in [-0.1, -0.05) is 54.1 Å². The van der Waals surface area contributed by atoms with Crippen LogP contribution in [0.2, 0.25) is 0 Å². The Kier molecular flexibility index (Phi) is 5.80. The minimum Gasteiger partial charge on any atom is -0.332 e. The van der Waals surface area contributed by atoms with Crippen LogP contribution in [-0.2, 0) is 13.0 Å². The van der Waals surface area contributed by atoms with Crippen LogP contribution in [0.15, 0.2) is 72.9 Å². The second-order valence-corrected chi connectivity index (χ2v) is 6.60. The average Bonchev–Trinajstić information content (AvgIpc) is 2.68. The van der Waals surface area contributed by atoms with E-state index in [2.05, 4.69) is 17.1 Å². The summed E-state index contributed by atoms with van der Waals surface area (Å²) in [6.07, 6.45) is 2.59. The lowest BCUT2D eigenvalue weighted by Crippen LogP contribution is -2.33. The van der Waals surface area contributed by atoms with Crippen molar-refractivity contribution >= 4 is 5.91 Å². The first-order valence-corrected chi connectivity index (χ1v) is 8.94. The Labute approximate surface area is 155 Å². The quantitative estimate of drug-likeness (QED) is 0.655. The molecule has 3 nitrogen and oxygen atoms in total. The van der Waals surface area contributed by atoms with Gasteiger partial charge in [-0.25, -0.2) is 0 Å². The number of carbonyl (C=O) groups excluding carboxylic acids is 1. The standard InChI is InChI=1S/C23H24N2O/c1-18-11-12-19(2)22(16-18)23(26)25(17-21-10-6-7-14-24-21)15-13-20-8-4-3-5-9-20/h3-12,14,16H,13,15,17H2,1-2H3. The molecule has 0 unspecified atom stereocenters. The van der Waals surface area contributed by atoms with Crippen molar-refractivity contribution in [2.75, 3.05) is 6.54 Å². The molecule has 1 amide bonds. The van der Waals surface area contributed by atoms with Gasteiger partial charge in [0.1, 0.15) is 0 Å². The van der Waals surface area contributed by atoms with Gasteiger partial charge in [-0.15, -0.1) is 0 Å². The van der Waals surface area contributed by atoms with E-state index in [1.807, 2.05) is 73.3 Å². The minimum atomic E-state index is 0.0628. The summed E-state index contributed by atoms with van der Waals surface area (Å²) in [5.41, 5.74) is 5.01. The van der Waals surface area contributed by atoms with Crippen LogP contribution >= 0.6 is 0 Å². The molecule has 26 heavy (non-hydrogen) atoms. The van der Waals surface area contributed by atoms with Crippen molar-refractivity contribution < 1.29 is 4.79 Å². The number of pyridine rings is 1. The fourth-order valence-corrected chi connectivity index (χ4v) is 2.98. The lowest BCUT2D eigenvalue weighted by atomic mass is 10.0. The Morgan fingerprint density at radius 1 is 0.962 bits per heavy atom. The maximum Gasteiger partial charge on any atom is 0.254 e. The van der Waals surface area contributed by atoms with E-state index in [1.165, 1.54) is 5.56 Å². The molecule has 3 heteroatoms. The zero-order valence-corrected chi connectivity index (χ0v) is 15.4. The van der Waals surface area contributed by atoms with E-state index in [4.69, 9.17) is 0 Å². The first-order chi connectivity index (χ1) is 12.6. The minimum absolute atomic E-state index is 0.0628. The van der Waals surface area contributed by atoms with Gasteiger partial charge in [0, 0.05) is 18.3 Å². The van der Waals surface area contributed by atoms with Gasteiger partial charge in [0.05, 0.1) is 12.2 Å². The molecule has 0 spiro atoms. The molecule has 3 rings (SSSR count). The van der Waals surface area contributed by atoms with E-state index in [0.717, 1.165) is 28.8 Å². The second kappa shape index (κ2) is 8.43. The summed E-state index contributed by atoms with van der Waals surface area (Å²) in [7, 11) is 0. The van der Waals surface area contributed by atoms with Crippen molar-refractivity contribution in [3.63, 3.8) is 0 Å². The Morgan fingerprint density at radius 3 is 2.46 bits per heavy atom. The van der Waals surface area contributed by atoms with Crippen LogP contribution in [0, 0.1) is 13.8 Å². The molecule has 0 bridgehead atoms. The molecule has 0 radical (unpaired) electrons. The molecule has 0 saturated carbocycles. The van der Waals surface area contributed by atoms with E-state index < -0.39 is 0 Å². The van der Waals surface area contributed by atoms with Crippen molar-refractivity contribution in [1.82, 2.24) is 9.88 Å². The molecule has 2 aromatic carbocycles. The van der Waals surface area contributed by atoms with Gasteiger partial charge in [-0.05, 0) is 49.6 Å². The Hall–Kier alpha value is -2.94. The number of rotatable bonds is 6. The van der Waals surface area contributed by atoms with Gasteiger partial charge in [0.2, 0.25) is 0 Å². The molecule has 0 aliphatic rings. The predicted molar refractivity (Wildman–Crippen MR) is 105 cm³/mol. The van der Waals surface area contributed by atoms with Crippen LogP contribution < -0.4 is 0 Å². The highest BCUT2D eigenvalue weighted by Crippen LogP contribution is 2.16. The maximum atomic E-state index is 13.2. The van der Waals surface area contributed by atoms with Crippen LogP contribution in [0.4, 0.5) is 0 Å². The third kappa shape index (κ3) is 4.57. The van der Waals surface area contributed by atoms with Crippen LogP contribution in [0.25, 0.3) is 0 Å². The fraction of sp³-hybridized carbons (Fsp3) is 0.217. The molecular weight excluding hydrogens is 320 g/mol. The number of amides is 1. The molecule has 3 aromatic rings. The van der Waals surface area contributed by atoms with Gasteiger partial charge >= 0.3 is 0 Å². The monoisotopic (exact) mass is 344 g/mol. The first-order valence-electron chi connectivity index (χ1n) is 8.94. The molecule has 1 heterocycles. The smallest absolute Gasteiger partial charge is 0.254 e. The highest BCUT2D eigenvalue weighted by atomic mass is 16.2. The van der Waals surface area contributed by atoms with E-state index in [-0.39, 0.29) is 5.91 Å². The zero-order valence-electron chi connectivity index (χ0n) is 15.4. The molecular formula is C23H24N2O. The summed E-state index contributed by atoms with van der Waals surface area (Å²) in [6.45, 7) is 5.18. The largest absolute Gasteiger partial charge is 0.332 e. The van der Waals surface area contributed by atoms with Crippen LogP contribution in [0.1, 0.15) is 32.7 Å². The van der Waals surface area contributed by atoms with E-state index >= 15 is 0 Å².